The Labute approximate surface area is 139 Å². The number of nitrogens with zero attached hydrogens (tertiary/aromatic N) is 1. The number of nitrogens with one attached hydrogen (secondary N) is 1. The minimum atomic E-state index is -0.126. The van der Waals surface area contributed by atoms with E-state index in [0.29, 0.717) is 23.2 Å². The third-order valence-corrected chi connectivity index (χ3v) is 5.37. The normalized spacial score (nSPS) is 19.2. The van der Waals surface area contributed by atoms with Gasteiger partial charge in [0.05, 0.1) is 11.3 Å². The van der Waals surface area contributed by atoms with Crippen LogP contribution in [0.1, 0.15) is 29.5 Å². The summed E-state index contributed by atoms with van der Waals surface area (Å²) in [4.78, 5) is 18.4. The van der Waals surface area contributed by atoms with Crippen LogP contribution in [0.25, 0.3) is 6.08 Å². The van der Waals surface area contributed by atoms with Crippen molar-refractivity contribution in [1.29, 1.82) is 0 Å². The number of benzene rings is 1. The Morgan fingerprint density at radius 1 is 1.39 bits per heavy atom. The van der Waals surface area contributed by atoms with Crippen LogP contribution < -0.4 is 10.1 Å². The van der Waals surface area contributed by atoms with Crippen molar-refractivity contribution in [2.45, 2.75) is 26.2 Å². The summed E-state index contributed by atoms with van der Waals surface area (Å²) in [5.41, 5.74) is 2.73. The van der Waals surface area contributed by atoms with E-state index in [1.807, 2.05) is 30.3 Å². The molecular formula is C18H18N2O2S. The molecule has 0 spiro atoms. The van der Waals surface area contributed by atoms with Crippen molar-refractivity contribution in [3.63, 3.8) is 0 Å². The molecule has 1 unspecified atom stereocenters. The number of hydrogen-bond donors (Lipinski definition) is 1. The van der Waals surface area contributed by atoms with Crippen molar-refractivity contribution in [2.24, 2.45) is 5.92 Å². The predicted molar refractivity (Wildman–Crippen MR) is 91.8 cm³/mol. The molecule has 5 heteroatoms. The summed E-state index contributed by atoms with van der Waals surface area (Å²) in [6.45, 7) is 2.56. The van der Waals surface area contributed by atoms with Gasteiger partial charge in [0.1, 0.15) is 12.4 Å². The predicted octanol–water partition coefficient (Wildman–Crippen LogP) is 3.68. The molecule has 2 aromatic rings. The first-order valence-corrected chi connectivity index (χ1v) is 8.73. The monoisotopic (exact) mass is 326 g/mol. The average Bonchev–Trinajstić information content (AvgIpc) is 2.95. The largest absolute Gasteiger partial charge is 0.488 e. The molecule has 2 aliphatic rings. The molecule has 0 fully saturated rings. The van der Waals surface area contributed by atoms with Gasteiger partial charge in [0.25, 0.3) is 5.91 Å². The van der Waals surface area contributed by atoms with Crippen molar-refractivity contribution in [1.82, 2.24) is 4.98 Å². The van der Waals surface area contributed by atoms with E-state index >= 15 is 0 Å². The van der Waals surface area contributed by atoms with Gasteiger partial charge in [-0.25, -0.2) is 4.98 Å². The van der Waals surface area contributed by atoms with E-state index in [1.165, 1.54) is 11.3 Å². The molecule has 4 nitrogen and oxygen atoms in total. The smallest absolute Gasteiger partial charge is 0.256 e. The van der Waals surface area contributed by atoms with Crippen LogP contribution in [0.4, 0.5) is 5.13 Å². The van der Waals surface area contributed by atoms with Crippen LogP contribution in [0.15, 0.2) is 29.8 Å². The van der Waals surface area contributed by atoms with Crippen LogP contribution in [-0.4, -0.2) is 17.5 Å². The number of thiazole rings is 1. The van der Waals surface area contributed by atoms with Crippen LogP contribution in [-0.2, 0) is 17.6 Å². The summed E-state index contributed by atoms with van der Waals surface area (Å²) in [6, 6.07) is 7.73. The molecule has 1 aliphatic heterocycles. The van der Waals surface area contributed by atoms with E-state index in [2.05, 4.69) is 17.2 Å². The van der Waals surface area contributed by atoms with Crippen LogP contribution in [0.2, 0.25) is 0 Å². The van der Waals surface area contributed by atoms with Crippen molar-refractivity contribution in [3.05, 3.63) is 46.0 Å². The molecule has 1 aromatic carbocycles. The lowest BCUT2D eigenvalue weighted by Gasteiger charge is -2.16. The molecule has 0 saturated carbocycles. The second-order valence-electron chi connectivity index (χ2n) is 6.19. The first-order valence-electron chi connectivity index (χ1n) is 7.91. The summed E-state index contributed by atoms with van der Waals surface area (Å²) in [7, 11) is 0. The number of fused-ring (bicyclic) bond motifs is 2. The van der Waals surface area contributed by atoms with Crippen molar-refractivity contribution in [3.8, 4) is 5.75 Å². The molecule has 2 heterocycles. The van der Waals surface area contributed by atoms with Crippen LogP contribution >= 0.6 is 11.3 Å². The van der Waals surface area contributed by atoms with Gasteiger partial charge in [0.2, 0.25) is 0 Å². The number of anilines is 1. The molecule has 1 aromatic heterocycles. The van der Waals surface area contributed by atoms with Gasteiger partial charge in [-0.05, 0) is 37.3 Å². The lowest BCUT2D eigenvalue weighted by molar-refractivity contribution is -0.113. The average molecular weight is 326 g/mol. The Morgan fingerprint density at radius 3 is 3.17 bits per heavy atom. The molecule has 1 aliphatic carbocycles. The maximum absolute atomic E-state index is 12.5. The van der Waals surface area contributed by atoms with E-state index < -0.39 is 0 Å². The highest BCUT2D eigenvalue weighted by Crippen LogP contribution is 2.32. The SMILES string of the molecule is CC1CCc2nc(NC(=O)C3=Cc4ccccc4OC3)sc2C1. The Bertz CT molecular complexity index is 794. The van der Waals surface area contributed by atoms with Gasteiger partial charge in [0, 0.05) is 10.4 Å². The van der Waals surface area contributed by atoms with E-state index in [-0.39, 0.29) is 5.91 Å². The number of amides is 1. The zero-order valence-electron chi connectivity index (χ0n) is 13.0. The summed E-state index contributed by atoms with van der Waals surface area (Å²) in [5, 5.41) is 3.64. The van der Waals surface area contributed by atoms with Gasteiger partial charge in [-0.3, -0.25) is 10.1 Å². The Hall–Kier alpha value is -2.14. The summed E-state index contributed by atoms with van der Waals surface area (Å²) in [5.74, 6) is 1.40. The van der Waals surface area contributed by atoms with Gasteiger partial charge in [-0.15, -0.1) is 11.3 Å². The van der Waals surface area contributed by atoms with Gasteiger partial charge in [-0.1, -0.05) is 25.1 Å². The first kappa shape index (κ1) is 14.5. The fourth-order valence-corrected chi connectivity index (χ4v) is 4.18. The number of ether oxygens (including phenoxy) is 1. The zero-order chi connectivity index (χ0) is 15.8. The second kappa shape index (κ2) is 5.81. The van der Waals surface area contributed by atoms with Crippen molar-refractivity contribution >= 4 is 28.5 Å². The quantitative estimate of drug-likeness (QED) is 0.916. The third-order valence-electron chi connectivity index (χ3n) is 4.33. The standard InChI is InChI=1S/C18H18N2O2S/c1-11-6-7-14-16(8-11)23-18(19-14)20-17(21)13-9-12-4-2-3-5-15(12)22-10-13/h2-5,9,11H,6-8,10H2,1H3,(H,19,20,21). The number of hydrogen-bond acceptors (Lipinski definition) is 4. The summed E-state index contributed by atoms with van der Waals surface area (Å²) >= 11 is 1.61. The zero-order valence-corrected chi connectivity index (χ0v) is 13.8. The van der Waals surface area contributed by atoms with Crippen LogP contribution in [0.3, 0.4) is 0 Å². The summed E-state index contributed by atoms with van der Waals surface area (Å²) < 4.78 is 5.64. The Kier molecular flexibility index (Phi) is 3.65. The molecular weight excluding hydrogens is 308 g/mol. The Morgan fingerprint density at radius 2 is 2.26 bits per heavy atom. The molecule has 0 bridgehead atoms. The molecule has 1 N–H and O–H groups in total. The van der Waals surface area contributed by atoms with Gasteiger partial charge in [0.15, 0.2) is 5.13 Å². The number of rotatable bonds is 2. The van der Waals surface area contributed by atoms with E-state index in [0.717, 1.165) is 29.8 Å². The van der Waals surface area contributed by atoms with E-state index in [9.17, 15) is 4.79 Å². The van der Waals surface area contributed by atoms with E-state index in [1.54, 1.807) is 11.3 Å². The molecule has 4 rings (SSSR count). The van der Waals surface area contributed by atoms with Gasteiger partial charge in [-0.2, -0.15) is 0 Å². The van der Waals surface area contributed by atoms with Crippen LogP contribution in [0, 0.1) is 5.92 Å². The molecule has 118 valence electrons. The topological polar surface area (TPSA) is 51.2 Å². The number of carbonyl (C=O) groups is 1. The molecule has 0 saturated heterocycles. The number of aromatic nitrogens is 1. The maximum atomic E-state index is 12.5. The minimum Gasteiger partial charge on any atom is -0.488 e. The lowest BCUT2D eigenvalue weighted by atomic mass is 9.93. The number of para-hydroxylation sites is 1. The van der Waals surface area contributed by atoms with Crippen molar-refractivity contribution < 1.29 is 9.53 Å². The lowest BCUT2D eigenvalue weighted by Crippen LogP contribution is -2.21. The molecule has 1 amide bonds. The molecule has 23 heavy (non-hydrogen) atoms. The highest BCUT2D eigenvalue weighted by atomic mass is 32.1. The molecule has 0 radical (unpaired) electrons. The summed E-state index contributed by atoms with van der Waals surface area (Å²) in [6.07, 6.45) is 5.16. The molecule has 1 atom stereocenters. The Balaban J connectivity index is 1.52. The number of aryl methyl sites for hydroxylation is 1. The first-order chi connectivity index (χ1) is 11.2. The minimum absolute atomic E-state index is 0.126. The van der Waals surface area contributed by atoms with E-state index in [4.69, 9.17) is 4.74 Å². The third kappa shape index (κ3) is 2.88. The fourth-order valence-electron chi connectivity index (χ4n) is 3.02. The van der Waals surface area contributed by atoms with Gasteiger partial charge < -0.3 is 4.74 Å². The fraction of sp³-hybridized carbons (Fsp3) is 0.333. The van der Waals surface area contributed by atoms with Crippen molar-refractivity contribution in [2.75, 3.05) is 11.9 Å². The highest BCUT2D eigenvalue weighted by molar-refractivity contribution is 7.15. The maximum Gasteiger partial charge on any atom is 0.256 e. The number of carbonyl (C=O) groups excluding carboxylic acids is 1. The highest BCUT2D eigenvalue weighted by Gasteiger charge is 2.22. The van der Waals surface area contributed by atoms with Gasteiger partial charge >= 0.3 is 0 Å². The second-order valence-corrected chi connectivity index (χ2v) is 7.27. The van der Waals surface area contributed by atoms with Crippen LogP contribution in [0.5, 0.6) is 5.75 Å².